The van der Waals surface area contributed by atoms with E-state index in [4.69, 9.17) is 23.2 Å². The average molecular weight is 324 g/mol. The molecule has 0 radical (unpaired) electrons. The molecular formula is C16H15Cl2NO2. The molecule has 0 spiro atoms. The molecule has 3 nitrogen and oxygen atoms in total. The zero-order valence-electron chi connectivity index (χ0n) is 11.2. The molecule has 0 bridgehead atoms. The smallest absolute Gasteiger partial charge is 0.254 e. The second-order valence-corrected chi connectivity index (χ2v) is 5.45. The second kappa shape index (κ2) is 7.46. The van der Waals surface area contributed by atoms with Crippen molar-refractivity contribution in [1.82, 2.24) is 5.32 Å². The molecule has 0 aliphatic carbocycles. The predicted molar refractivity (Wildman–Crippen MR) is 84.9 cm³/mol. The molecule has 21 heavy (non-hydrogen) atoms. The number of amides is 1. The highest BCUT2D eigenvalue weighted by Gasteiger charge is 2.18. The van der Waals surface area contributed by atoms with Gasteiger partial charge in [-0.1, -0.05) is 59.6 Å². The van der Waals surface area contributed by atoms with Crippen LogP contribution in [-0.4, -0.2) is 23.7 Å². The SMILES string of the molecule is O=C(N[C@H](CO)Cc1ccccc1)c1c(Cl)cccc1Cl. The Hall–Kier alpha value is -1.55. The van der Waals surface area contributed by atoms with Crippen LogP contribution in [0.15, 0.2) is 48.5 Å². The molecule has 0 saturated carbocycles. The lowest BCUT2D eigenvalue weighted by atomic mass is 10.1. The van der Waals surface area contributed by atoms with Crippen molar-refractivity contribution in [1.29, 1.82) is 0 Å². The van der Waals surface area contributed by atoms with E-state index in [9.17, 15) is 9.90 Å². The number of hydrogen-bond acceptors (Lipinski definition) is 2. The third kappa shape index (κ3) is 4.21. The zero-order chi connectivity index (χ0) is 15.2. The van der Waals surface area contributed by atoms with Gasteiger partial charge in [0.15, 0.2) is 0 Å². The number of benzene rings is 2. The highest BCUT2D eigenvalue weighted by Crippen LogP contribution is 2.24. The van der Waals surface area contributed by atoms with Gasteiger partial charge in [-0.2, -0.15) is 0 Å². The molecule has 1 atom stereocenters. The van der Waals surface area contributed by atoms with E-state index in [0.29, 0.717) is 6.42 Å². The van der Waals surface area contributed by atoms with Crippen LogP contribution >= 0.6 is 23.2 Å². The average Bonchev–Trinajstić information content (AvgIpc) is 2.47. The molecule has 110 valence electrons. The van der Waals surface area contributed by atoms with Gasteiger partial charge in [0, 0.05) is 0 Å². The first-order valence-corrected chi connectivity index (χ1v) is 7.27. The lowest BCUT2D eigenvalue weighted by Gasteiger charge is -2.17. The fraction of sp³-hybridized carbons (Fsp3) is 0.188. The van der Waals surface area contributed by atoms with Gasteiger partial charge in [0.25, 0.3) is 5.91 Å². The Morgan fingerprint density at radius 2 is 1.67 bits per heavy atom. The first-order chi connectivity index (χ1) is 10.1. The van der Waals surface area contributed by atoms with E-state index in [1.165, 1.54) is 0 Å². The number of hydrogen-bond donors (Lipinski definition) is 2. The summed E-state index contributed by atoms with van der Waals surface area (Å²) < 4.78 is 0. The quantitative estimate of drug-likeness (QED) is 0.886. The van der Waals surface area contributed by atoms with Crippen molar-refractivity contribution in [2.75, 3.05) is 6.61 Å². The van der Waals surface area contributed by atoms with Crippen LogP contribution in [0.4, 0.5) is 0 Å². The Labute approximate surface area is 133 Å². The van der Waals surface area contributed by atoms with E-state index in [-0.39, 0.29) is 28.1 Å². The molecule has 2 aromatic rings. The summed E-state index contributed by atoms with van der Waals surface area (Å²) in [6.45, 7) is -0.164. The van der Waals surface area contributed by atoms with E-state index in [1.807, 2.05) is 30.3 Å². The van der Waals surface area contributed by atoms with Crippen molar-refractivity contribution in [2.24, 2.45) is 0 Å². The van der Waals surface area contributed by atoms with Crippen LogP contribution in [0.2, 0.25) is 10.0 Å². The van der Waals surface area contributed by atoms with Gasteiger partial charge in [0.2, 0.25) is 0 Å². The summed E-state index contributed by atoms with van der Waals surface area (Å²) in [4.78, 5) is 12.3. The van der Waals surface area contributed by atoms with Crippen molar-refractivity contribution < 1.29 is 9.90 Å². The second-order valence-electron chi connectivity index (χ2n) is 4.64. The van der Waals surface area contributed by atoms with Crippen LogP contribution in [0.5, 0.6) is 0 Å². The fourth-order valence-electron chi connectivity index (χ4n) is 2.03. The number of carbonyl (C=O) groups is 1. The molecule has 0 saturated heterocycles. The molecule has 0 fully saturated rings. The Bertz CT molecular complexity index is 597. The van der Waals surface area contributed by atoms with Crippen molar-refractivity contribution >= 4 is 29.1 Å². The molecule has 2 aromatic carbocycles. The molecule has 2 N–H and O–H groups in total. The molecule has 0 heterocycles. The highest BCUT2D eigenvalue weighted by molar-refractivity contribution is 6.39. The van der Waals surface area contributed by atoms with Crippen molar-refractivity contribution in [2.45, 2.75) is 12.5 Å². The molecule has 0 aliphatic rings. The Morgan fingerprint density at radius 3 is 2.24 bits per heavy atom. The van der Waals surface area contributed by atoms with Gasteiger partial charge in [-0.25, -0.2) is 0 Å². The lowest BCUT2D eigenvalue weighted by molar-refractivity contribution is 0.0917. The van der Waals surface area contributed by atoms with Gasteiger partial charge in [-0.05, 0) is 24.1 Å². The highest BCUT2D eigenvalue weighted by atomic mass is 35.5. The minimum Gasteiger partial charge on any atom is -0.394 e. The van der Waals surface area contributed by atoms with E-state index in [2.05, 4.69) is 5.32 Å². The van der Waals surface area contributed by atoms with Gasteiger partial charge in [0.1, 0.15) is 0 Å². The maximum absolute atomic E-state index is 12.3. The van der Waals surface area contributed by atoms with Gasteiger partial charge in [0.05, 0.1) is 28.3 Å². The summed E-state index contributed by atoms with van der Waals surface area (Å²) in [6.07, 6.45) is 0.533. The van der Waals surface area contributed by atoms with E-state index in [0.717, 1.165) is 5.56 Å². The number of halogens is 2. The minimum absolute atomic E-state index is 0.164. The van der Waals surface area contributed by atoms with Crippen LogP contribution in [0, 0.1) is 0 Å². The summed E-state index contributed by atoms with van der Waals surface area (Å²) in [5.74, 6) is -0.388. The predicted octanol–water partition coefficient (Wildman–Crippen LogP) is 3.33. The Kier molecular flexibility index (Phi) is 5.62. The van der Waals surface area contributed by atoms with E-state index in [1.54, 1.807) is 18.2 Å². The van der Waals surface area contributed by atoms with E-state index >= 15 is 0 Å². The van der Waals surface area contributed by atoms with Gasteiger partial charge in [-0.15, -0.1) is 0 Å². The largest absolute Gasteiger partial charge is 0.394 e. The Morgan fingerprint density at radius 1 is 1.05 bits per heavy atom. The summed E-state index contributed by atoms with van der Waals surface area (Å²) in [5.41, 5.74) is 1.26. The third-order valence-corrected chi connectivity index (χ3v) is 3.70. The molecule has 0 unspecified atom stereocenters. The summed E-state index contributed by atoms with van der Waals surface area (Å²) in [6, 6.07) is 14.1. The zero-order valence-corrected chi connectivity index (χ0v) is 12.7. The molecule has 5 heteroatoms. The van der Waals surface area contributed by atoms with Crippen LogP contribution < -0.4 is 5.32 Å². The maximum Gasteiger partial charge on any atom is 0.254 e. The standard InChI is InChI=1S/C16H15Cl2NO2/c17-13-7-4-8-14(18)15(13)16(21)19-12(10-20)9-11-5-2-1-3-6-11/h1-8,12,20H,9-10H2,(H,19,21)/t12-/m0/s1. The van der Waals surface area contributed by atoms with Crippen LogP contribution in [0.3, 0.4) is 0 Å². The Balaban J connectivity index is 2.10. The monoisotopic (exact) mass is 323 g/mol. The van der Waals surface area contributed by atoms with Crippen LogP contribution in [0.25, 0.3) is 0 Å². The topological polar surface area (TPSA) is 49.3 Å². The van der Waals surface area contributed by atoms with E-state index < -0.39 is 6.04 Å². The number of carbonyl (C=O) groups excluding carboxylic acids is 1. The van der Waals surface area contributed by atoms with Crippen molar-refractivity contribution in [3.05, 3.63) is 69.7 Å². The minimum atomic E-state index is -0.396. The molecular weight excluding hydrogens is 309 g/mol. The maximum atomic E-state index is 12.3. The van der Waals surface area contributed by atoms with Crippen LogP contribution in [-0.2, 0) is 6.42 Å². The van der Waals surface area contributed by atoms with Gasteiger partial charge < -0.3 is 10.4 Å². The summed E-state index contributed by atoms with van der Waals surface area (Å²) in [5, 5.41) is 12.8. The number of nitrogens with one attached hydrogen (secondary N) is 1. The number of rotatable bonds is 5. The third-order valence-electron chi connectivity index (χ3n) is 3.07. The number of aliphatic hydroxyl groups is 1. The van der Waals surface area contributed by atoms with Crippen molar-refractivity contribution in [3.63, 3.8) is 0 Å². The first-order valence-electron chi connectivity index (χ1n) is 6.51. The van der Waals surface area contributed by atoms with Gasteiger partial charge in [-0.3, -0.25) is 4.79 Å². The van der Waals surface area contributed by atoms with Crippen molar-refractivity contribution in [3.8, 4) is 0 Å². The van der Waals surface area contributed by atoms with Crippen LogP contribution in [0.1, 0.15) is 15.9 Å². The number of aliphatic hydroxyl groups excluding tert-OH is 1. The summed E-state index contributed by atoms with van der Waals surface area (Å²) in [7, 11) is 0. The summed E-state index contributed by atoms with van der Waals surface area (Å²) >= 11 is 12.0. The molecule has 2 rings (SSSR count). The normalized spacial score (nSPS) is 12.0. The molecule has 1 amide bonds. The lowest BCUT2D eigenvalue weighted by Crippen LogP contribution is -2.39. The fourth-order valence-corrected chi connectivity index (χ4v) is 2.60. The molecule has 0 aliphatic heterocycles. The van der Waals surface area contributed by atoms with Gasteiger partial charge >= 0.3 is 0 Å². The molecule has 0 aromatic heterocycles. The first kappa shape index (κ1) is 15.8.